The lowest BCUT2D eigenvalue weighted by atomic mass is 10.3. The van der Waals surface area contributed by atoms with Crippen molar-refractivity contribution in [1.29, 1.82) is 0 Å². The zero-order valence-electron chi connectivity index (χ0n) is 6.92. The summed E-state index contributed by atoms with van der Waals surface area (Å²) in [5.41, 5.74) is 0. The number of carbonyl (C=O) groups is 1. The number of aliphatic carboxylic acids is 1. The van der Waals surface area contributed by atoms with E-state index < -0.39 is 5.97 Å². The first-order valence-electron chi connectivity index (χ1n) is 3.98. The molecule has 0 aromatic rings. The molecule has 1 N–H and O–H groups in total. The number of carboxylic acid groups (broad SMARTS) is 1. The standard InChI is InChI=1S/C6H10O2.C2H6/c1-2-4-3-5(4)6(7)8;1-2/h4-5H,2-3H2,1H3,(H,7,8);1-2H3. The predicted molar refractivity (Wildman–Crippen MR) is 40.9 cm³/mol. The maximum Gasteiger partial charge on any atom is 0.306 e. The van der Waals surface area contributed by atoms with Crippen molar-refractivity contribution >= 4 is 5.97 Å². The molecule has 1 fully saturated rings. The maximum atomic E-state index is 10.1. The smallest absolute Gasteiger partial charge is 0.306 e. The minimum Gasteiger partial charge on any atom is -0.481 e. The van der Waals surface area contributed by atoms with Crippen molar-refractivity contribution in [2.75, 3.05) is 0 Å². The van der Waals surface area contributed by atoms with Gasteiger partial charge in [-0.1, -0.05) is 27.2 Å². The van der Waals surface area contributed by atoms with Crippen LogP contribution in [0.1, 0.15) is 33.6 Å². The molecule has 0 aliphatic heterocycles. The first-order chi connectivity index (χ1) is 4.75. The molecule has 2 nitrogen and oxygen atoms in total. The van der Waals surface area contributed by atoms with Gasteiger partial charge in [0, 0.05) is 0 Å². The van der Waals surface area contributed by atoms with Crippen LogP contribution in [0.3, 0.4) is 0 Å². The van der Waals surface area contributed by atoms with Crippen LogP contribution in [0.4, 0.5) is 0 Å². The lowest BCUT2D eigenvalue weighted by molar-refractivity contribution is -0.138. The third-order valence-electron chi connectivity index (χ3n) is 1.76. The highest BCUT2D eigenvalue weighted by atomic mass is 16.4. The highest BCUT2D eigenvalue weighted by Gasteiger charge is 2.41. The number of hydrogen-bond acceptors (Lipinski definition) is 1. The Bertz CT molecular complexity index is 110. The van der Waals surface area contributed by atoms with E-state index in [2.05, 4.69) is 0 Å². The summed E-state index contributed by atoms with van der Waals surface area (Å²) >= 11 is 0. The monoisotopic (exact) mass is 144 g/mol. The highest BCUT2D eigenvalue weighted by molar-refractivity contribution is 5.73. The number of rotatable bonds is 2. The third kappa shape index (κ3) is 2.38. The van der Waals surface area contributed by atoms with E-state index in [0.717, 1.165) is 12.8 Å². The van der Waals surface area contributed by atoms with Gasteiger partial charge < -0.3 is 5.11 Å². The average molecular weight is 144 g/mol. The van der Waals surface area contributed by atoms with Crippen LogP contribution in [0, 0.1) is 11.8 Å². The van der Waals surface area contributed by atoms with E-state index >= 15 is 0 Å². The van der Waals surface area contributed by atoms with Crippen LogP contribution < -0.4 is 0 Å². The Labute approximate surface area is 62.2 Å². The normalized spacial score (nSPS) is 28.3. The summed E-state index contributed by atoms with van der Waals surface area (Å²) < 4.78 is 0. The van der Waals surface area contributed by atoms with E-state index in [9.17, 15) is 4.79 Å². The Morgan fingerprint density at radius 3 is 2.20 bits per heavy atom. The Kier molecular flexibility index (Phi) is 4.08. The molecular weight excluding hydrogens is 128 g/mol. The summed E-state index contributed by atoms with van der Waals surface area (Å²) in [5, 5.41) is 8.35. The fraction of sp³-hybridized carbons (Fsp3) is 0.875. The van der Waals surface area contributed by atoms with Crippen molar-refractivity contribution < 1.29 is 9.90 Å². The quantitative estimate of drug-likeness (QED) is 0.644. The topological polar surface area (TPSA) is 37.3 Å². The van der Waals surface area contributed by atoms with Gasteiger partial charge >= 0.3 is 5.97 Å². The zero-order chi connectivity index (χ0) is 8.15. The highest BCUT2D eigenvalue weighted by Crippen LogP contribution is 2.40. The van der Waals surface area contributed by atoms with Gasteiger partial charge in [-0.2, -0.15) is 0 Å². The molecule has 0 radical (unpaired) electrons. The van der Waals surface area contributed by atoms with Gasteiger partial charge in [0.05, 0.1) is 5.92 Å². The molecule has 1 aliphatic carbocycles. The Morgan fingerprint density at radius 2 is 2.10 bits per heavy atom. The molecule has 0 saturated heterocycles. The fourth-order valence-electron chi connectivity index (χ4n) is 1.00. The summed E-state index contributed by atoms with van der Waals surface area (Å²) in [6.07, 6.45) is 1.93. The van der Waals surface area contributed by atoms with Gasteiger partial charge in [0.2, 0.25) is 0 Å². The molecule has 60 valence electrons. The number of hydrogen-bond donors (Lipinski definition) is 1. The molecule has 0 amide bonds. The molecule has 1 saturated carbocycles. The van der Waals surface area contributed by atoms with Crippen molar-refractivity contribution in [2.45, 2.75) is 33.6 Å². The Hall–Kier alpha value is -0.530. The van der Waals surface area contributed by atoms with E-state index in [0.29, 0.717) is 5.92 Å². The fourth-order valence-corrected chi connectivity index (χ4v) is 1.00. The van der Waals surface area contributed by atoms with Crippen molar-refractivity contribution in [1.82, 2.24) is 0 Å². The van der Waals surface area contributed by atoms with Crippen LogP contribution >= 0.6 is 0 Å². The molecule has 1 aliphatic rings. The Balaban J connectivity index is 0.000000371. The van der Waals surface area contributed by atoms with Crippen LogP contribution in [-0.2, 0) is 4.79 Å². The van der Waals surface area contributed by atoms with Crippen molar-refractivity contribution in [3.63, 3.8) is 0 Å². The molecule has 2 heteroatoms. The molecule has 2 unspecified atom stereocenters. The van der Waals surface area contributed by atoms with Crippen LogP contribution in [0.15, 0.2) is 0 Å². The van der Waals surface area contributed by atoms with Crippen LogP contribution in [0.25, 0.3) is 0 Å². The first-order valence-corrected chi connectivity index (χ1v) is 3.98. The lowest BCUT2D eigenvalue weighted by Gasteiger charge is -1.84. The van der Waals surface area contributed by atoms with Gasteiger partial charge in [-0.15, -0.1) is 0 Å². The van der Waals surface area contributed by atoms with Crippen molar-refractivity contribution in [3.05, 3.63) is 0 Å². The first kappa shape index (κ1) is 9.47. The van der Waals surface area contributed by atoms with Crippen LogP contribution in [-0.4, -0.2) is 11.1 Å². The number of carboxylic acids is 1. The van der Waals surface area contributed by atoms with Gasteiger partial charge in [0.1, 0.15) is 0 Å². The summed E-state index contributed by atoms with van der Waals surface area (Å²) in [5.74, 6) is -0.121. The summed E-state index contributed by atoms with van der Waals surface area (Å²) in [7, 11) is 0. The summed E-state index contributed by atoms with van der Waals surface area (Å²) in [4.78, 5) is 10.1. The predicted octanol–water partition coefficient (Wildman–Crippen LogP) is 2.14. The largest absolute Gasteiger partial charge is 0.481 e. The third-order valence-corrected chi connectivity index (χ3v) is 1.76. The van der Waals surface area contributed by atoms with Gasteiger partial charge in [0.15, 0.2) is 0 Å². The van der Waals surface area contributed by atoms with Gasteiger partial charge in [0.25, 0.3) is 0 Å². The van der Waals surface area contributed by atoms with Gasteiger partial charge in [-0.3, -0.25) is 4.79 Å². The maximum absolute atomic E-state index is 10.1. The zero-order valence-corrected chi connectivity index (χ0v) is 6.92. The second-order valence-electron chi connectivity index (χ2n) is 2.35. The van der Waals surface area contributed by atoms with E-state index in [-0.39, 0.29) is 5.92 Å². The molecule has 2 atom stereocenters. The SMILES string of the molecule is CC.CCC1CC1C(=O)O. The molecular formula is C8H16O2. The molecule has 10 heavy (non-hydrogen) atoms. The Morgan fingerprint density at radius 1 is 1.60 bits per heavy atom. The van der Waals surface area contributed by atoms with Crippen molar-refractivity contribution in [2.24, 2.45) is 11.8 Å². The molecule has 1 rings (SSSR count). The second-order valence-corrected chi connectivity index (χ2v) is 2.35. The van der Waals surface area contributed by atoms with Crippen LogP contribution in [0.2, 0.25) is 0 Å². The van der Waals surface area contributed by atoms with E-state index in [1.807, 2.05) is 20.8 Å². The van der Waals surface area contributed by atoms with Gasteiger partial charge in [-0.05, 0) is 12.3 Å². The summed E-state index contributed by atoms with van der Waals surface area (Å²) in [6.45, 7) is 6.04. The minimum absolute atomic E-state index is 0.000000000000000222. The van der Waals surface area contributed by atoms with Gasteiger partial charge in [-0.25, -0.2) is 0 Å². The van der Waals surface area contributed by atoms with E-state index in [4.69, 9.17) is 5.11 Å². The van der Waals surface area contributed by atoms with Crippen molar-refractivity contribution in [3.8, 4) is 0 Å². The summed E-state index contributed by atoms with van der Waals surface area (Å²) in [6, 6.07) is 0. The minimum atomic E-state index is -0.614. The molecule has 0 bridgehead atoms. The molecule has 0 spiro atoms. The van der Waals surface area contributed by atoms with Crippen LogP contribution in [0.5, 0.6) is 0 Å². The molecule has 0 heterocycles. The second kappa shape index (κ2) is 4.31. The average Bonchev–Trinajstić information content (AvgIpc) is 2.70. The van der Waals surface area contributed by atoms with E-state index in [1.165, 1.54) is 0 Å². The van der Waals surface area contributed by atoms with E-state index in [1.54, 1.807) is 0 Å². The molecule has 0 aromatic carbocycles. The molecule has 0 aromatic heterocycles. The lowest BCUT2D eigenvalue weighted by Crippen LogP contribution is -1.98.